The van der Waals surface area contributed by atoms with Crippen LogP contribution in [0.4, 0.5) is 0 Å². The van der Waals surface area contributed by atoms with Crippen LogP contribution in [0.2, 0.25) is 0 Å². The molecule has 0 aliphatic carbocycles. The molecule has 1 atom stereocenters. The van der Waals surface area contributed by atoms with E-state index in [1.54, 1.807) is 0 Å². The molecule has 1 rings (SSSR count). The van der Waals surface area contributed by atoms with E-state index in [9.17, 15) is 5.11 Å². The Morgan fingerprint density at radius 1 is 1.43 bits per heavy atom. The van der Waals surface area contributed by atoms with Crippen molar-refractivity contribution in [3.05, 3.63) is 0 Å². The van der Waals surface area contributed by atoms with Crippen molar-refractivity contribution in [1.82, 2.24) is 4.90 Å². The first-order valence-electron chi connectivity index (χ1n) is 5.55. The number of aliphatic hydroxyl groups is 1. The maximum atomic E-state index is 9.27. The largest absolute Gasteiger partial charge is 0.395 e. The van der Waals surface area contributed by atoms with Gasteiger partial charge in [0, 0.05) is 12.6 Å². The van der Waals surface area contributed by atoms with Crippen molar-refractivity contribution in [2.75, 3.05) is 25.4 Å². The standard InChI is InChI=1S/C11H23NOS/c1-11(2,9-14)8-12-6-4-3-5-10(12)7-13/h10,13-14H,3-9H2,1-2H3. The van der Waals surface area contributed by atoms with Gasteiger partial charge < -0.3 is 5.11 Å². The fraction of sp³-hybridized carbons (Fsp3) is 1.00. The minimum Gasteiger partial charge on any atom is -0.395 e. The van der Waals surface area contributed by atoms with Gasteiger partial charge in [-0.05, 0) is 30.6 Å². The van der Waals surface area contributed by atoms with Gasteiger partial charge in [-0.25, -0.2) is 0 Å². The second-order valence-corrected chi connectivity index (χ2v) is 5.44. The average molecular weight is 217 g/mol. The van der Waals surface area contributed by atoms with Crippen LogP contribution in [0.25, 0.3) is 0 Å². The van der Waals surface area contributed by atoms with Crippen molar-refractivity contribution in [2.24, 2.45) is 5.41 Å². The van der Waals surface area contributed by atoms with Gasteiger partial charge in [-0.1, -0.05) is 20.3 Å². The molecule has 14 heavy (non-hydrogen) atoms. The predicted octanol–water partition coefficient (Wildman–Crippen LogP) is 1.79. The second kappa shape index (κ2) is 5.38. The molecule has 1 aliphatic heterocycles. The van der Waals surface area contributed by atoms with Gasteiger partial charge in [0.05, 0.1) is 6.61 Å². The lowest BCUT2D eigenvalue weighted by Gasteiger charge is -2.39. The summed E-state index contributed by atoms with van der Waals surface area (Å²) >= 11 is 4.37. The Bertz CT molecular complexity index is 173. The summed E-state index contributed by atoms with van der Waals surface area (Å²) in [4.78, 5) is 2.43. The van der Waals surface area contributed by atoms with E-state index < -0.39 is 0 Å². The molecule has 84 valence electrons. The number of hydrogen-bond acceptors (Lipinski definition) is 3. The lowest BCUT2D eigenvalue weighted by atomic mass is 9.92. The van der Waals surface area contributed by atoms with Crippen molar-refractivity contribution in [2.45, 2.75) is 39.2 Å². The number of nitrogens with zero attached hydrogens (tertiary/aromatic N) is 1. The minimum atomic E-state index is 0.258. The van der Waals surface area contributed by atoms with Crippen molar-refractivity contribution >= 4 is 12.6 Å². The van der Waals surface area contributed by atoms with Gasteiger partial charge in [0.25, 0.3) is 0 Å². The summed E-state index contributed by atoms with van der Waals surface area (Å²) in [6.45, 7) is 6.99. The molecule has 0 saturated carbocycles. The Balaban J connectivity index is 2.48. The van der Waals surface area contributed by atoms with E-state index in [2.05, 4.69) is 31.4 Å². The zero-order valence-corrected chi connectivity index (χ0v) is 10.3. The summed E-state index contributed by atoms with van der Waals surface area (Å²) < 4.78 is 0. The van der Waals surface area contributed by atoms with E-state index in [4.69, 9.17) is 0 Å². The summed E-state index contributed by atoms with van der Waals surface area (Å²) in [7, 11) is 0. The summed E-state index contributed by atoms with van der Waals surface area (Å²) in [6.07, 6.45) is 3.70. The molecule has 0 bridgehead atoms. The molecule has 0 spiro atoms. The molecule has 1 N–H and O–H groups in total. The third kappa shape index (κ3) is 3.44. The Morgan fingerprint density at radius 2 is 2.14 bits per heavy atom. The number of likely N-dealkylation sites (tertiary alicyclic amines) is 1. The number of thiol groups is 1. The Morgan fingerprint density at radius 3 is 2.71 bits per heavy atom. The van der Waals surface area contributed by atoms with Gasteiger partial charge in [0.1, 0.15) is 0 Å². The normalized spacial score (nSPS) is 25.3. The molecular weight excluding hydrogens is 194 g/mol. The van der Waals surface area contributed by atoms with E-state index in [1.165, 1.54) is 12.8 Å². The molecule has 0 radical (unpaired) electrons. The van der Waals surface area contributed by atoms with Crippen LogP contribution in [0.1, 0.15) is 33.1 Å². The number of hydrogen-bond donors (Lipinski definition) is 2. The number of piperidine rings is 1. The van der Waals surface area contributed by atoms with Crippen molar-refractivity contribution in [1.29, 1.82) is 0 Å². The molecule has 0 amide bonds. The van der Waals surface area contributed by atoms with Gasteiger partial charge >= 0.3 is 0 Å². The van der Waals surface area contributed by atoms with Crippen LogP contribution in [-0.2, 0) is 0 Å². The van der Waals surface area contributed by atoms with Crippen LogP contribution < -0.4 is 0 Å². The molecule has 3 heteroatoms. The topological polar surface area (TPSA) is 23.5 Å². The summed E-state index contributed by atoms with van der Waals surface area (Å²) in [5.74, 6) is 0.904. The fourth-order valence-electron chi connectivity index (χ4n) is 2.07. The molecule has 1 heterocycles. The molecule has 0 aromatic rings. The second-order valence-electron chi connectivity index (χ2n) is 5.12. The fourth-order valence-corrected chi connectivity index (χ4v) is 2.17. The van der Waals surface area contributed by atoms with Crippen LogP contribution >= 0.6 is 12.6 Å². The van der Waals surface area contributed by atoms with E-state index in [-0.39, 0.29) is 5.41 Å². The van der Waals surface area contributed by atoms with Gasteiger partial charge in [-0.2, -0.15) is 12.6 Å². The first kappa shape index (κ1) is 12.3. The quantitative estimate of drug-likeness (QED) is 0.701. The number of aliphatic hydroxyl groups excluding tert-OH is 1. The molecule has 1 fully saturated rings. The molecule has 1 aliphatic rings. The summed E-state index contributed by atoms with van der Waals surface area (Å²) in [6, 6.07) is 0.392. The first-order chi connectivity index (χ1) is 6.59. The highest BCUT2D eigenvalue weighted by atomic mass is 32.1. The van der Waals surface area contributed by atoms with E-state index in [1.807, 2.05) is 0 Å². The zero-order chi connectivity index (χ0) is 10.6. The summed E-state index contributed by atoms with van der Waals surface area (Å²) in [5, 5.41) is 9.27. The third-order valence-electron chi connectivity index (χ3n) is 3.02. The van der Waals surface area contributed by atoms with Gasteiger partial charge in [-0.15, -0.1) is 0 Å². The Hall–Kier alpha value is 0.270. The van der Waals surface area contributed by atoms with Gasteiger partial charge in [0.15, 0.2) is 0 Å². The maximum absolute atomic E-state index is 9.27. The molecule has 2 nitrogen and oxygen atoms in total. The van der Waals surface area contributed by atoms with Crippen molar-refractivity contribution in [3.8, 4) is 0 Å². The lowest BCUT2D eigenvalue weighted by Crippen LogP contribution is -2.46. The SMILES string of the molecule is CC(C)(CS)CN1CCCCC1CO. The van der Waals surface area contributed by atoms with Crippen LogP contribution in [0.5, 0.6) is 0 Å². The van der Waals surface area contributed by atoms with Crippen molar-refractivity contribution < 1.29 is 5.11 Å². The molecule has 1 saturated heterocycles. The Kier molecular flexibility index (Phi) is 4.74. The highest BCUT2D eigenvalue weighted by molar-refractivity contribution is 7.80. The first-order valence-corrected chi connectivity index (χ1v) is 6.18. The third-order valence-corrected chi connectivity index (χ3v) is 3.88. The lowest BCUT2D eigenvalue weighted by molar-refractivity contribution is 0.0636. The van der Waals surface area contributed by atoms with Crippen LogP contribution in [0.3, 0.4) is 0 Å². The number of rotatable bonds is 4. The van der Waals surface area contributed by atoms with Crippen LogP contribution in [0, 0.1) is 5.41 Å². The van der Waals surface area contributed by atoms with Crippen molar-refractivity contribution in [3.63, 3.8) is 0 Å². The van der Waals surface area contributed by atoms with E-state index in [0.29, 0.717) is 12.6 Å². The average Bonchev–Trinajstić information content (AvgIpc) is 2.18. The highest BCUT2D eigenvalue weighted by Crippen LogP contribution is 2.24. The minimum absolute atomic E-state index is 0.258. The predicted molar refractivity (Wildman–Crippen MR) is 63.9 cm³/mol. The molecular formula is C11H23NOS. The van der Waals surface area contributed by atoms with Crippen LogP contribution in [-0.4, -0.2) is 41.5 Å². The van der Waals surface area contributed by atoms with E-state index in [0.717, 1.165) is 25.3 Å². The molecule has 0 aromatic carbocycles. The van der Waals surface area contributed by atoms with Crippen LogP contribution in [0.15, 0.2) is 0 Å². The molecule has 0 aromatic heterocycles. The molecule has 1 unspecified atom stereocenters. The Labute approximate surface area is 93.1 Å². The monoisotopic (exact) mass is 217 g/mol. The maximum Gasteiger partial charge on any atom is 0.0586 e. The highest BCUT2D eigenvalue weighted by Gasteiger charge is 2.27. The van der Waals surface area contributed by atoms with E-state index >= 15 is 0 Å². The van der Waals surface area contributed by atoms with Gasteiger partial charge in [-0.3, -0.25) is 4.90 Å². The van der Waals surface area contributed by atoms with Gasteiger partial charge in [0.2, 0.25) is 0 Å². The summed E-state index contributed by atoms with van der Waals surface area (Å²) in [5.41, 5.74) is 0.258. The smallest absolute Gasteiger partial charge is 0.0586 e. The zero-order valence-electron chi connectivity index (χ0n) is 9.37.